The zero-order chi connectivity index (χ0) is 11.4. The molecule has 0 spiro atoms. The highest BCUT2D eigenvalue weighted by Gasteiger charge is 2.35. The van der Waals surface area contributed by atoms with Crippen molar-refractivity contribution in [2.75, 3.05) is 13.2 Å². The van der Waals surface area contributed by atoms with E-state index in [4.69, 9.17) is 8.85 Å². The van der Waals surface area contributed by atoms with Crippen LogP contribution in [-0.4, -0.2) is 22.5 Å². The molecule has 2 aliphatic carbocycles. The molecule has 0 heterocycles. The summed E-state index contributed by atoms with van der Waals surface area (Å²) in [6.45, 7) is 5.76. The van der Waals surface area contributed by atoms with Crippen molar-refractivity contribution in [3.8, 4) is 0 Å². The number of hydrogen-bond acceptors (Lipinski definition) is 2. The maximum Gasteiger partial charge on any atom is 0.321 e. The van der Waals surface area contributed by atoms with Crippen molar-refractivity contribution >= 4 is 9.28 Å². The Kier molecular flexibility index (Phi) is 4.62. The van der Waals surface area contributed by atoms with Crippen LogP contribution in [0, 0.1) is 17.8 Å². The Hall–Kier alpha value is -0.123. The van der Waals surface area contributed by atoms with Gasteiger partial charge >= 0.3 is 9.28 Å². The van der Waals surface area contributed by atoms with Crippen LogP contribution in [-0.2, 0) is 8.85 Å². The van der Waals surface area contributed by atoms with Crippen LogP contribution in [0.25, 0.3) is 0 Å². The Bertz CT molecular complexity index is 236. The summed E-state index contributed by atoms with van der Waals surface area (Å²) >= 11 is 0. The van der Waals surface area contributed by atoms with Gasteiger partial charge in [0.05, 0.1) is 0 Å². The molecule has 0 aromatic carbocycles. The standard InChI is InChI=1S/C13H24O2Si/c1-3-14-16(15-4-2)8-7-13-10-11-5-6-12(13)9-11/h5-6,11-13,16H,3-4,7-10H2,1-2H3. The molecule has 3 heteroatoms. The molecular formula is C13H24O2Si. The second-order valence-corrected chi connectivity index (χ2v) is 7.06. The van der Waals surface area contributed by atoms with E-state index in [1.54, 1.807) is 0 Å². The maximum atomic E-state index is 5.72. The highest BCUT2D eigenvalue weighted by Crippen LogP contribution is 2.45. The molecule has 92 valence electrons. The second kappa shape index (κ2) is 5.99. The molecule has 0 saturated heterocycles. The van der Waals surface area contributed by atoms with E-state index in [9.17, 15) is 0 Å². The number of fused-ring (bicyclic) bond motifs is 2. The Morgan fingerprint density at radius 2 is 1.88 bits per heavy atom. The van der Waals surface area contributed by atoms with Gasteiger partial charge in [0, 0.05) is 13.2 Å². The van der Waals surface area contributed by atoms with Crippen molar-refractivity contribution in [3.05, 3.63) is 12.2 Å². The molecule has 2 nitrogen and oxygen atoms in total. The average Bonchev–Trinajstić information content (AvgIpc) is 2.88. The van der Waals surface area contributed by atoms with E-state index < -0.39 is 9.28 Å². The van der Waals surface area contributed by atoms with E-state index in [0.717, 1.165) is 31.0 Å². The molecule has 2 aliphatic rings. The minimum absolute atomic E-state index is 0.813. The predicted molar refractivity (Wildman–Crippen MR) is 68.7 cm³/mol. The van der Waals surface area contributed by atoms with Crippen molar-refractivity contribution in [1.82, 2.24) is 0 Å². The van der Waals surface area contributed by atoms with E-state index in [-0.39, 0.29) is 0 Å². The maximum absolute atomic E-state index is 5.72. The average molecular weight is 240 g/mol. The summed E-state index contributed by atoms with van der Waals surface area (Å²) in [6.07, 6.45) is 9.01. The Morgan fingerprint density at radius 1 is 1.12 bits per heavy atom. The summed E-state index contributed by atoms with van der Waals surface area (Å²) in [6, 6.07) is 1.20. The normalized spacial score (nSPS) is 31.8. The molecule has 0 aliphatic heterocycles. The monoisotopic (exact) mass is 240 g/mol. The minimum atomic E-state index is -1.34. The zero-order valence-electron chi connectivity index (χ0n) is 10.5. The molecule has 3 unspecified atom stereocenters. The lowest BCUT2D eigenvalue weighted by molar-refractivity contribution is 0.210. The molecular weight excluding hydrogens is 216 g/mol. The molecule has 0 aromatic rings. The van der Waals surface area contributed by atoms with Gasteiger partial charge in [-0.1, -0.05) is 12.2 Å². The van der Waals surface area contributed by atoms with Gasteiger partial charge in [-0.25, -0.2) is 0 Å². The van der Waals surface area contributed by atoms with Crippen molar-refractivity contribution in [1.29, 1.82) is 0 Å². The molecule has 3 atom stereocenters. The first-order valence-electron chi connectivity index (χ1n) is 6.75. The third-order valence-electron chi connectivity index (χ3n) is 3.89. The van der Waals surface area contributed by atoms with Crippen LogP contribution in [0.4, 0.5) is 0 Å². The van der Waals surface area contributed by atoms with Crippen LogP contribution in [0.3, 0.4) is 0 Å². The first-order valence-corrected chi connectivity index (χ1v) is 8.51. The molecule has 2 bridgehead atoms. The Morgan fingerprint density at radius 3 is 2.38 bits per heavy atom. The van der Waals surface area contributed by atoms with Gasteiger partial charge in [0.25, 0.3) is 0 Å². The van der Waals surface area contributed by atoms with Gasteiger partial charge in [-0.3, -0.25) is 0 Å². The van der Waals surface area contributed by atoms with Crippen LogP contribution < -0.4 is 0 Å². The summed E-state index contributed by atoms with van der Waals surface area (Å²) in [4.78, 5) is 0. The van der Waals surface area contributed by atoms with Gasteiger partial charge in [-0.05, 0) is 56.9 Å². The zero-order valence-corrected chi connectivity index (χ0v) is 11.7. The molecule has 1 saturated carbocycles. The third-order valence-corrected chi connectivity index (χ3v) is 6.11. The smallest absolute Gasteiger partial charge is 0.321 e. The van der Waals surface area contributed by atoms with Crippen LogP contribution in [0.2, 0.25) is 6.04 Å². The van der Waals surface area contributed by atoms with E-state index in [1.807, 2.05) is 0 Å². The molecule has 0 N–H and O–H groups in total. The molecule has 0 radical (unpaired) electrons. The lowest BCUT2D eigenvalue weighted by Gasteiger charge is -2.20. The summed E-state index contributed by atoms with van der Waals surface area (Å²) in [5.41, 5.74) is 0. The van der Waals surface area contributed by atoms with Gasteiger partial charge in [-0.2, -0.15) is 0 Å². The first kappa shape index (κ1) is 12.3. The summed E-state index contributed by atoms with van der Waals surface area (Å²) in [5, 5.41) is 0. The van der Waals surface area contributed by atoms with Gasteiger partial charge in [-0.15, -0.1) is 0 Å². The highest BCUT2D eigenvalue weighted by molar-refractivity contribution is 6.44. The summed E-state index contributed by atoms with van der Waals surface area (Å²) < 4.78 is 11.4. The molecule has 16 heavy (non-hydrogen) atoms. The van der Waals surface area contributed by atoms with E-state index in [1.165, 1.54) is 25.3 Å². The van der Waals surface area contributed by atoms with Gasteiger partial charge in [0.15, 0.2) is 0 Å². The summed E-state index contributed by atoms with van der Waals surface area (Å²) in [7, 11) is -1.34. The fourth-order valence-corrected chi connectivity index (χ4v) is 5.04. The van der Waals surface area contributed by atoms with Crippen LogP contribution in [0.1, 0.15) is 33.1 Å². The largest absolute Gasteiger partial charge is 0.397 e. The van der Waals surface area contributed by atoms with Crippen molar-refractivity contribution in [3.63, 3.8) is 0 Å². The van der Waals surface area contributed by atoms with Crippen LogP contribution in [0.15, 0.2) is 12.2 Å². The van der Waals surface area contributed by atoms with Crippen molar-refractivity contribution in [2.24, 2.45) is 17.8 Å². The minimum Gasteiger partial charge on any atom is -0.397 e. The fraction of sp³-hybridized carbons (Fsp3) is 0.846. The predicted octanol–water partition coefficient (Wildman–Crippen LogP) is 2.88. The topological polar surface area (TPSA) is 18.5 Å². The third kappa shape index (κ3) is 2.96. The second-order valence-electron chi connectivity index (χ2n) is 4.96. The molecule has 0 amide bonds. The van der Waals surface area contributed by atoms with Gasteiger partial charge < -0.3 is 8.85 Å². The summed E-state index contributed by atoms with van der Waals surface area (Å²) in [5.74, 6) is 2.70. The molecule has 0 aromatic heterocycles. The van der Waals surface area contributed by atoms with Gasteiger partial charge in [0.1, 0.15) is 0 Å². The Labute approximate surface area is 101 Å². The van der Waals surface area contributed by atoms with Crippen molar-refractivity contribution < 1.29 is 8.85 Å². The number of hydrogen-bond donors (Lipinski definition) is 0. The highest BCUT2D eigenvalue weighted by atomic mass is 28.3. The van der Waals surface area contributed by atoms with Crippen LogP contribution in [0.5, 0.6) is 0 Å². The SMILES string of the molecule is CCO[SiH](CCC1CC2C=CC1C2)OCC. The van der Waals surface area contributed by atoms with Gasteiger partial charge in [0.2, 0.25) is 0 Å². The fourth-order valence-electron chi connectivity index (χ4n) is 3.16. The van der Waals surface area contributed by atoms with E-state index in [2.05, 4.69) is 26.0 Å². The number of rotatable bonds is 7. The lowest BCUT2D eigenvalue weighted by atomic mass is 9.91. The lowest BCUT2D eigenvalue weighted by Crippen LogP contribution is -2.24. The first-order chi connectivity index (χ1) is 7.83. The Balaban J connectivity index is 1.71. The quantitative estimate of drug-likeness (QED) is 0.503. The molecule has 2 rings (SSSR count). The van der Waals surface area contributed by atoms with Crippen molar-refractivity contribution in [2.45, 2.75) is 39.2 Å². The molecule has 1 fully saturated rings. The van der Waals surface area contributed by atoms with E-state index in [0.29, 0.717) is 0 Å². The number of allylic oxidation sites excluding steroid dienone is 2. The van der Waals surface area contributed by atoms with E-state index >= 15 is 0 Å². The van der Waals surface area contributed by atoms with Crippen LogP contribution >= 0.6 is 0 Å².